The van der Waals surface area contributed by atoms with Crippen molar-refractivity contribution in [1.29, 1.82) is 0 Å². The van der Waals surface area contributed by atoms with Crippen LogP contribution in [0.15, 0.2) is 55.6 Å². The lowest BCUT2D eigenvalue weighted by Gasteiger charge is -2.40. The summed E-state index contributed by atoms with van der Waals surface area (Å²) >= 11 is 0. The van der Waals surface area contributed by atoms with Crippen molar-refractivity contribution in [2.45, 2.75) is 57.0 Å². The summed E-state index contributed by atoms with van der Waals surface area (Å²) in [5.41, 5.74) is -0.145. The number of carbonyl (C=O) groups is 3. The lowest BCUT2D eigenvalue weighted by Crippen LogP contribution is -2.59. The number of aliphatic hydroxyl groups is 1. The van der Waals surface area contributed by atoms with E-state index in [1.54, 1.807) is 33.9 Å². The number of likely N-dealkylation sites (tertiary alicyclic amines) is 1. The minimum Gasteiger partial charge on any atom is -0.394 e. The first kappa shape index (κ1) is 27.1. The van der Waals surface area contributed by atoms with Gasteiger partial charge in [0, 0.05) is 26.7 Å². The van der Waals surface area contributed by atoms with Crippen LogP contribution in [-0.2, 0) is 25.7 Å². The number of amides is 3. The molecule has 3 saturated heterocycles. The molecule has 0 saturated carbocycles. The van der Waals surface area contributed by atoms with E-state index >= 15 is 0 Å². The number of aliphatic hydroxyl groups excluding tert-OH is 1. The minimum absolute atomic E-state index is 0.101. The summed E-state index contributed by atoms with van der Waals surface area (Å²) in [6.45, 7) is 12.1. The van der Waals surface area contributed by atoms with Gasteiger partial charge in [-0.1, -0.05) is 56.3 Å². The van der Waals surface area contributed by atoms with Crippen LogP contribution in [0.2, 0.25) is 0 Å². The van der Waals surface area contributed by atoms with Crippen molar-refractivity contribution < 1.29 is 24.2 Å². The van der Waals surface area contributed by atoms with Gasteiger partial charge in [0.2, 0.25) is 17.7 Å². The molecule has 3 amide bonds. The van der Waals surface area contributed by atoms with E-state index in [9.17, 15) is 19.5 Å². The molecule has 0 radical (unpaired) electrons. The third-order valence-corrected chi connectivity index (χ3v) is 8.23. The Labute approximate surface area is 219 Å². The summed E-state index contributed by atoms with van der Waals surface area (Å²) in [6.07, 6.45) is 4.02. The molecule has 200 valence electrons. The molecule has 6 atom stereocenters. The van der Waals surface area contributed by atoms with Crippen LogP contribution in [0.1, 0.15) is 32.3 Å². The van der Waals surface area contributed by atoms with Crippen molar-refractivity contribution >= 4 is 17.7 Å². The lowest BCUT2D eigenvalue weighted by atomic mass is 9.70. The smallest absolute Gasteiger partial charge is 0.249 e. The maximum atomic E-state index is 14.4. The number of hydrogen-bond acceptors (Lipinski definition) is 5. The Balaban J connectivity index is 1.77. The first-order valence-corrected chi connectivity index (χ1v) is 13.1. The van der Waals surface area contributed by atoms with Gasteiger partial charge in [0.15, 0.2) is 0 Å². The predicted molar refractivity (Wildman–Crippen MR) is 140 cm³/mol. The second kappa shape index (κ2) is 10.8. The van der Waals surface area contributed by atoms with Gasteiger partial charge in [-0.3, -0.25) is 14.4 Å². The highest BCUT2D eigenvalue weighted by molar-refractivity contribution is 5.99. The van der Waals surface area contributed by atoms with Crippen LogP contribution in [0.4, 0.5) is 0 Å². The van der Waals surface area contributed by atoms with E-state index < -0.39 is 35.6 Å². The highest BCUT2D eigenvalue weighted by Gasteiger charge is 2.75. The molecule has 2 unspecified atom stereocenters. The number of hydrogen-bond donors (Lipinski definition) is 1. The molecule has 1 aromatic carbocycles. The van der Waals surface area contributed by atoms with E-state index in [1.165, 1.54) is 0 Å². The van der Waals surface area contributed by atoms with Crippen LogP contribution >= 0.6 is 0 Å². The molecule has 3 heterocycles. The van der Waals surface area contributed by atoms with Gasteiger partial charge in [0.1, 0.15) is 11.6 Å². The second-order valence-corrected chi connectivity index (χ2v) is 10.8. The average Bonchev–Trinajstić information content (AvgIpc) is 3.52. The first-order chi connectivity index (χ1) is 17.7. The van der Waals surface area contributed by atoms with Crippen LogP contribution in [-0.4, -0.2) is 88.1 Å². The number of rotatable bonds is 11. The van der Waals surface area contributed by atoms with Crippen LogP contribution in [0.3, 0.4) is 0 Å². The molecule has 8 nitrogen and oxygen atoms in total. The summed E-state index contributed by atoms with van der Waals surface area (Å²) < 4.78 is 6.54. The topological polar surface area (TPSA) is 90.4 Å². The van der Waals surface area contributed by atoms with E-state index in [1.807, 2.05) is 44.2 Å². The molecule has 1 N–H and O–H groups in total. The van der Waals surface area contributed by atoms with Gasteiger partial charge < -0.3 is 24.5 Å². The molecule has 3 aliphatic heterocycles. The van der Waals surface area contributed by atoms with Gasteiger partial charge in [-0.2, -0.15) is 0 Å². The van der Waals surface area contributed by atoms with Crippen molar-refractivity contribution in [1.82, 2.24) is 14.7 Å². The number of benzene rings is 1. The molecule has 0 aliphatic carbocycles. The largest absolute Gasteiger partial charge is 0.394 e. The van der Waals surface area contributed by atoms with Crippen LogP contribution < -0.4 is 0 Å². The summed E-state index contributed by atoms with van der Waals surface area (Å²) in [4.78, 5) is 46.9. The highest BCUT2D eigenvalue weighted by atomic mass is 16.5. The molecule has 4 rings (SSSR count). The maximum Gasteiger partial charge on any atom is 0.249 e. The SMILES string of the molecule is C=CCN(C)C(=O)[C@@H]1[C@@H]2CCC3(O2)C(C(=O)N(CC=C)Cc2ccccc2)N([C@@H](CO)C(C)C)C(=O)[C@H]13. The van der Waals surface area contributed by atoms with Gasteiger partial charge in [-0.15, -0.1) is 13.2 Å². The summed E-state index contributed by atoms with van der Waals surface area (Å²) in [5, 5.41) is 10.4. The van der Waals surface area contributed by atoms with Crippen molar-refractivity contribution in [3.05, 3.63) is 61.2 Å². The molecular formula is C29H39N3O5. The Kier molecular flexibility index (Phi) is 7.90. The molecule has 3 aliphatic rings. The number of carbonyl (C=O) groups excluding carboxylic acids is 3. The average molecular weight is 510 g/mol. The monoisotopic (exact) mass is 509 g/mol. The highest BCUT2D eigenvalue weighted by Crippen LogP contribution is 2.59. The summed E-state index contributed by atoms with van der Waals surface area (Å²) in [7, 11) is 1.69. The third-order valence-electron chi connectivity index (χ3n) is 8.23. The molecule has 1 spiro atoms. The third kappa shape index (κ3) is 4.50. The molecular weight excluding hydrogens is 470 g/mol. The minimum atomic E-state index is -1.10. The quantitative estimate of drug-likeness (QED) is 0.462. The summed E-state index contributed by atoms with van der Waals surface area (Å²) in [6, 6.07) is 8.16. The molecule has 1 aromatic rings. The molecule has 37 heavy (non-hydrogen) atoms. The number of nitrogens with zero attached hydrogens (tertiary/aromatic N) is 3. The number of ether oxygens (including phenoxy) is 1. The molecule has 0 aromatic heterocycles. The van der Waals surface area contributed by atoms with E-state index in [0.717, 1.165) is 5.56 Å². The van der Waals surface area contributed by atoms with Gasteiger partial charge >= 0.3 is 0 Å². The standard InChI is InChI=1S/C29H39N3O5/c1-6-15-30(5)26(34)23-22-13-14-29(37-22)24(23)27(35)32(21(18-33)19(3)4)25(29)28(36)31(16-7-2)17-20-11-9-8-10-12-20/h6-12,19,21-25,33H,1-2,13-18H2,3-5H3/t21-,22-,23+,24-,25?,29?/m0/s1. The summed E-state index contributed by atoms with van der Waals surface area (Å²) in [5.74, 6) is -2.23. The fourth-order valence-electron chi connectivity index (χ4n) is 6.53. The zero-order valence-electron chi connectivity index (χ0n) is 22.1. The Bertz CT molecular complexity index is 1040. The lowest BCUT2D eigenvalue weighted by molar-refractivity contribution is -0.153. The Hall–Kier alpha value is -2.97. The fourth-order valence-corrected chi connectivity index (χ4v) is 6.53. The number of likely N-dealkylation sites (N-methyl/N-ethyl adjacent to an activating group) is 1. The molecule has 2 bridgehead atoms. The fraction of sp³-hybridized carbons (Fsp3) is 0.552. The van der Waals surface area contributed by atoms with Gasteiger partial charge in [0.05, 0.1) is 30.6 Å². The van der Waals surface area contributed by atoms with Crippen molar-refractivity contribution in [2.75, 3.05) is 26.7 Å². The zero-order valence-corrected chi connectivity index (χ0v) is 22.1. The van der Waals surface area contributed by atoms with Gasteiger partial charge in [-0.05, 0) is 24.3 Å². The van der Waals surface area contributed by atoms with Crippen molar-refractivity contribution in [3.8, 4) is 0 Å². The van der Waals surface area contributed by atoms with Crippen LogP contribution in [0.5, 0.6) is 0 Å². The van der Waals surface area contributed by atoms with E-state index in [0.29, 0.717) is 32.5 Å². The Morgan fingerprint density at radius 1 is 1.19 bits per heavy atom. The Morgan fingerprint density at radius 2 is 1.86 bits per heavy atom. The first-order valence-electron chi connectivity index (χ1n) is 13.1. The maximum absolute atomic E-state index is 14.4. The van der Waals surface area contributed by atoms with E-state index in [2.05, 4.69) is 13.2 Å². The van der Waals surface area contributed by atoms with Gasteiger partial charge in [-0.25, -0.2) is 0 Å². The normalized spacial score (nSPS) is 28.8. The molecule has 8 heteroatoms. The van der Waals surface area contributed by atoms with E-state index in [4.69, 9.17) is 4.74 Å². The van der Waals surface area contributed by atoms with Crippen LogP contribution in [0.25, 0.3) is 0 Å². The van der Waals surface area contributed by atoms with Gasteiger partial charge in [0.25, 0.3) is 0 Å². The Morgan fingerprint density at radius 3 is 2.46 bits per heavy atom. The number of fused-ring (bicyclic) bond motifs is 1. The van der Waals surface area contributed by atoms with Crippen molar-refractivity contribution in [2.24, 2.45) is 17.8 Å². The van der Waals surface area contributed by atoms with E-state index in [-0.39, 0.29) is 30.2 Å². The second-order valence-electron chi connectivity index (χ2n) is 10.8. The molecule has 3 fully saturated rings. The van der Waals surface area contributed by atoms with Crippen LogP contribution in [0, 0.1) is 17.8 Å². The predicted octanol–water partition coefficient (Wildman–Crippen LogP) is 2.24. The van der Waals surface area contributed by atoms with Crippen molar-refractivity contribution in [3.63, 3.8) is 0 Å². The zero-order chi connectivity index (χ0) is 26.9.